The second-order valence-corrected chi connectivity index (χ2v) is 14.9. The van der Waals surface area contributed by atoms with E-state index in [4.69, 9.17) is 18.5 Å². The summed E-state index contributed by atoms with van der Waals surface area (Å²) in [6, 6.07) is 10.6. The second kappa shape index (κ2) is 21.1. The van der Waals surface area contributed by atoms with Crippen molar-refractivity contribution in [2.24, 2.45) is 5.92 Å². The first-order valence-corrected chi connectivity index (χ1v) is 19.1. The number of hydrogen-bond donors (Lipinski definition) is 1. The number of fused-ring (bicyclic) bond motifs is 1. The average Bonchev–Trinajstić information content (AvgIpc) is 3.51. The maximum Gasteiger partial charge on any atom is 0.472 e. The molecule has 1 aromatic carbocycles. The van der Waals surface area contributed by atoms with Crippen molar-refractivity contribution < 1.29 is 32.5 Å². The summed E-state index contributed by atoms with van der Waals surface area (Å²) >= 11 is 0. The molecule has 8 heteroatoms. The lowest BCUT2D eigenvalue weighted by Gasteiger charge is -2.29. The third-order valence-electron chi connectivity index (χ3n) is 9.54. The highest BCUT2D eigenvalue weighted by atomic mass is 31.2. The smallest absolute Gasteiger partial charge is 0.379 e. The molecule has 2 saturated heterocycles. The predicted molar refractivity (Wildman–Crippen MR) is 175 cm³/mol. The highest BCUT2D eigenvalue weighted by molar-refractivity contribution is 7.47. The van der Waals surface area contributed by atoms with Gasteiger partial charge in [0, 0.05) is 31.8 Å². The average molecular weight is 625 g/mol. The van der Waals surface area contributed by atoms with Crippen molar-refractivity contribution in [3.8, 4) is 0 Å². The molecule has 7 nitrogen and oxygen atoms in total. The molecule has 0 saturated carbocycles. The van der Waals surface area contributed by atoms with E-state index in [1.54, 1.807) is 0 Å². The molecule has 0 aliphatic carbocycles. The van der Waals surface area contributed by atoms with Crippen LogP contribution < -0.4 is 0 Å². The molecule has 2 fully saturated rings. The maximum atomic E-state index is 12.7. The van der Waals surface area contributed by atoms with E-state index in [0.717, 1.165) is 29.4 Å². The summed E-state index contributed by atoms with van der Waals surface area (Å²) in [5.41, 5.74) is 1.04. The van der Waals surface area contributed by atoms with E-state index in [-0.39, 0.29) is 13.2 Å². The van der Waals surface area contributed by atoms with Gasteiger partial charge in [-0.15, -0.1) is 0 Å². The first kappa shape index (κ1) is 36.7. The molecule has 1 aromatic rings. The van der Waals surface area contributed by atoms with E-state index in [1.165, 1.54) is 103 Å². The summed E-state index contributed by atoms with van der Waals surface area (Å²) in [7, 11) is -1.86. The molecule has 0 spiro atoms. The van der Waals surface area contributed by atoms with Crippen molar-refractivity contribution in [2.75, 3.05) is 46.6 Å². The minimum absolute atomic E-state index is 0.0412. The van der Waals surface area contributed by atoms with Gasteiger partial charge in [0.05, 0.1) is 52.6 Å². The molecular formula is C35H63NO6P+. The summed E-state index contributed by atoms with van der Waals surface area (Å²) in [5, 5.41) is 0. The number of rotatable bonds is 26. The number of phosphoric ester groups is 1. The van der Waals surface area contributed by atoms with Crippen molar-refractivity contribution in [3.63, 3.8) is 0 Å². The summed E-state index contributed by atoms with van der Waals surface area (Å²) in [6.07, 6.45) is 21.7. The molecule has 0 aromatic heterocycles. The van der Waals surface area contributed by atoms with Crippen molar-refractivity contribution in [1.29, 1.82) is 0 Å². The van der Waals surface area contributed by atoms with E-state index in [1.807, 2.05) is 30.3 Å². The Labute approximate surface area is 263 Å². The summed E-state index contributed by atoms with van der Waals surface area (Å²) in [5.74, 6) is 0.304. The van der Waals surface area contributed by atoms with E-state index >= 15 is 0 Å². The Morgan fingerprint density at radius 3 is 2.14 bits per heavy atom. The Balaban J connectivity index is 1.25. The van der Waals surface area contributed by atoms with E-state index < -0.39 is 13.9 Å². The van der Waals surface area contributed by atoms with Gasteiger partial charge in [-0.1, -0.05) is 121 Å². The SMILES string of the molecule is CCCCCCCCCCCCCCCCOCC(COP(=O)(O)OCC1CC2CCC[N+]2(C)C1)OCc1ccccc1. The molecule has 0 bridgehead atoms. The molecule has 43 heavy (non-hydrogen) atoms. The summed E-state index contributed by atoms with van der Waals surface area (Å²) < 4.78 is 36.6. The highest BCUT2D eigenvalue weighted by Gasteiger charge is 2.47. The Hall–Kier alpha value is -0.790. The van der Waals surface area contributed by atoms with Crippen molar-refractivity contribution in [2.45, 2.75) is 135 Å². The summed E-state index contributed by atoms with van der Waals surface area (Å²) in [4.78, 5) is 10.4. The predicted octanol–water partition coefficient (Wildman–Crippen LogP) is 8.83. The molecule has 1 N–H and O–H groups in total. The molecule has 0 amide bonds. The largest absolute Gasteiger partial charge is 0.472 e. The Morgan fingerprint density at radius 2 is 1.51 bits per heavy atom. The Bertz CT molecular complexity index is 888. The van der Waals surface area contributed by atoms with Crippen LogP contribution in [0.2, 0.25) is 0 Å². The van der Waals surface area contributed by atoms with Crippen molar-refractivity contribution in [1.82, 2.24) is 0 Å². The van der Waals surface area contributed by atoms with Gasteiger partial charge in [-0.2, -0.15) is 0 Å². The number of unbranched alkanes of at least 4 members (excludes halogenated alkanes) is 13. The summed E-state index contributed by atoms with van der Waals surface area (Å²) in [6.45, 7) is 6.10. The fourth-order valence-electron chi connectivity index (χ4n) is 6.93. The number of hydrogen-bond acceptors (Lipinski definition) is 5. The van der Waals surface area contributed by atoms with Crippen LogP contribution in [0.15, 0.2) is 30.3 Å². The standard InChI is InChI=1S/C35H62NO6P/c1-3-4-5-6-7-8-9-10-11-12-13-14-15-19-25-39-30-35(40-28-32-21-17-16-18-22-32)31-42-43(37,38)41-29-33-26-34-23-20-24-36(34,2)27-33/h16-18,21-22,33-35H,3-15,19-20,23-31H2,1-2H3/p+1. The second-order valence-electron chi connectivity index (χ2n) is 13.4. The van der Waals surface area contributed by atoms with Gasteiger partial charge in [0.2, 0.25) is 0 Å². The van der Waals surface area contributed by atoms with Crippen LogP contribution in [0.1, 0.15) is 122 Å². The van der Waals surface area contributed by atoms with Crippen LogP contribution in [0, 0.1) is 5.92 Å². The van der Waals surface area contributed by atoms with Crippen LogP contribution in [-0.2, 0) is 29.7 Å². The molecule has 2 aliphatic heterocycles. The first-order valence-electron chi connectivity index (χ1n) is 17.6. The van der Waals surface area contributed by atoms with Crippen LogP contribution in [-0.4, -0.2) is 68.1 Å². The number of nitrogens with zero attached hydrogens (tertiary/aromatic N) is 1. The number of benzene rings is 1. The maximum absolute atomic E-state index is 12.7. The lowest BCUT2D eigenvalue weighted by molar-refractivity contribution is -0.909. The first-order chi connectivity index (χ1) is 20.9. The van der Waals surface area contributed by atoms with E-state index in [2.05, 4.69) is 14.0 Å². The van der Waals surface area contributed by atoms with E-state index in [9.17, 15) is 9.46 Å². The van der Waals surface area contributed by atoms with Gasteiger partial charge in [0.25, 0.3) is 0 Å². The van der Waals surface area contributed by atoms with Crippen LogP contribution in [0.4, 0.5) is 0 Å². The van der Waals surface area contributed by atoms with Gasteiger partial charge in [0.15, 0.2) is 0 Å². The zero-order valence-corrected chi connectivity index (χ0v) is 28.4. The monoisotopic (exact) mass is 624 g/mol. The Morgan fingerprint density at radius 1 is 0.884 bits per heavy atom. The van der Waals surface area contributed by atoms with Crippen LogP contribution in [0.3, 0.4) is 0 Å². The van der Waals surface area contributed by atoms with Gasteiger partial charge in [0.1, 0.15) is 6.10 Å². The molecule has 2 heterocycles. The fraction of sp³-hybridized carbons (Fsp3) is 0.829. The van der Waals surface area contributed by atoms with Gasteiger partial charge in [-0.25, -0.2) is 4.57 Å². The third kappa shape index (κ3) is 15.4. The highest BCUT2D eigenvalue weighted by Crippen LogP contribution is 2.46. The van der Waals surface area contributed by atoms with E-state index in [0.29, 0.717) is 31.8 Å². The number of ether oxygens (including phenoxy) is 2. The van der Waals surface area contributed by atoms with Gasteiger partial charge >= 0.3 is 7.82 Å². The lowest BCUT2D eigenvalue weighted by atomic mass is 10.0. The van der Waals surface area contributed by atoms with Gasteiger partial charge < -0.3 is 18.9 Å². The van der Waals surface area contributed by atoms with Crippen molar-refractivity contribution >= 4 is 7.82 Å². The fourth-order valence-corrected chi connectivity index (χ4v) is 7.75. The minimum Gasteiger partial charge on any atom is -0.379 e. The third-order valence-corrected chi connectivity index (χ3v) is 10.5. The molecule has 5 unspecified atom stereocenters. The molecule has 0 radical (unpaired) electrons. The quantitative estimate of drug-likeness (QED) is 0.0631. The lowest BCUT2D eigenvalue weighted by Crippen LogP contribution is -2.43. The van der Waals surface area contributed by atoms with Crippen LogP contribution >= 0.6 is 7.82 Å². The zero-order valence-electron chi connectivity index (χ0n) is 27.5. The van der Waals surface area contributed by atoms with Crippen LogP contribution in [0.25, 0.3) is 0 Å². The molecule has 3 rings (SSSR count). The topological polar surface area (TPSA) is 74.2 Å². The van der Waals surface area contributed by atoms with Crippen LogP contribution in [0.5, 0.6) is 0 Å². The number of quaternary nitrogens is 1. The normalized spacial score (nSPS) is 23.8. The van der Waals surface area contributed by atoms with Crippen molar-refractivity contribution in [3.05, 3.63) is 35.9 Å². The zero-order chi connectivity index (χ0) is 30.6. The Kier molecular flexibility index (Phi) is 18.0. The minimum atomic E-state index is -4.17. The van der Waals surface area contributed by atoms with Gasteiger partial charge in [-0.05, 0) is 12.0 Å². The number of phosphoric acid groups is 1. The molecule has 248 valence electrons. The molecular weight excluding hydrogens is 561 g/mol. The van der Waals surface area contributed by atoms with Gasteiger partial charge in [-0.3, -0.25) is 9.05 Å². The molecule has 5 atom stereocenters. The molecule has 2 aliphatic rings.